The molecule has 0 saturated carbocycles. The van der Waals surface area contributed by atoms with Gasteiger partial charge >= 0.3 is 0 Å². The predicted molar refractivity (Wildman–Crippen MR) is 44.1 cm³/mol. The summed E-state index contributed by atoms with van der Waals surface area (Å²) in [4.78, 5) is 0. The van der Waals surface area contributed by atoms with E-state index in [2.05, 4.69) is 8.44 Å². The SMILES string of the molecule is O=S1(=O)CCCC1SP. The third kappa shape index (κ3) is 1.60. The predicted octanol–water partition coefficient (Wildman–Crippen LogP) is 1.04. The quantitative estimate of drug-likeness (QED) is 0.571. The Balaban J connectivity index is 2.75. The zero-order valence-corrected chi connectivity index (χ0v) is 7.70. The molecule has 0 aromatic heterocycles. The normalized spacial score (nSPS) is 32.8. The van der Waals surface area contributed by atoms with Crippen molar-refractivity contribution in [1.82, 2.24) is 0 Å². The zero-order chi connectivity index (χ0) is 6.91. The molecule has 1 saturated heterocycles. The summed E-state index contributed by atoms with van der Waals surface area (Å²) < 4.78 is 21.8. The van der Waals surface area contributed by atoms with Gasteiger partial charge in [-0.05, 0) is 12.8 Å². The topological polar surface area (TPSA) is 34.1 Å². The first-order valence-corrected chi connectivity index (χ1v) is 6.81. The second-order valence-corrected chi connectivity index (χ2v) is 6.33. The molecule has 54 valence electrons. The van der Waals surface area contributed by atoms with E-state index >= 15 is 0 Å². The molecule has 1 heterocycles. The van der Waals surface area contributed by atoms with Gasteiger partial charge in [-0.1, -0.05) is 8.44 Å². The van der Waals surface area contributed by atoms with E-state index < -0.39 is 9.84 Å². The molecule has 0 radical (unpaired) electrons. The van der Waals surface area contributed by atoms with Crippen molar-refractivity contribution < 1.29 is 8.42 Å². The van der Waals surface area contributed by atoms with Gasteiger partial charge in [0.2, 0.25) is 0 Å². The van der Waals surface area contributed by atoms with Gasteiger partial charge in [-0.25, -0.2) is 8.42 Å². The van der Waals surface area contributed by atoms with Gasteiger partial charge in [-0.15, -0.1) is 11.4 Å². The molecule has 0 bridgehead atoms. The molecule has 2 nitrogen and oxygen atoms in total. The first kappa shape index (κ1) is 7.83. The molecule has 1 rings (SSSR count). The molecule has 2 atom stereocenters. The van der Waals surface area contributed by atoms with Gasteiger partial charge in [0, 0.05) is 0 Å². The fraction of sp³-hybridized carbons (Fsp3) is 1.00. The second-order valence-electron chi connectivity index (χ2n) is 2.07. The minimum absolute atomic E-state index is 0.137. The van der Waals surface area contributed by atoms with Crippen molar-refractivity contribution in [2.75, 3.05) is 5.75 Å². The maximum absolute atomic E-state index is 11.0. The summed E-state index contributed by atoms with van der Waals surface area (Å²) in [6.45, 7) is 0. The maximum Gasteiger partial charge on any atom is 0.162 e. The van der Waals surface area contributed by atoms with Crippen LogP contribution in [0.25, 0.3) is 0 Å². The van der Waals surface area contributed by atoms with Gasteiger partial charge in [0.15, 0.2) is 9.84 Å². The van der Waals surface area contributed by atoms with Crippen LogP contribution in [0.4, 0.5) is 0 Å². The summed E-state index contributed by atoms with van der Waals surface area (Å²) in [5, 5.41) is 0. The molecular weight excluding hydrogens is 175 g/mol. The van der Waals surface area contributed by atoms with E-state index in [9.17, 15) is 8.42 Å². The summed E-state index contributed by atoms with van der Waals surface area (Å²) >= 11 is 1.37. The van der Waals surface area contributed by atoms with E-state index in [0.29, 0.717) is 5.75 Å². The minimum atomic E-state index is -2.70. The van der Waals surface area contributed by atoms with Crippen molar-refractivity contribution >= 4 is 29.7 Å². The molecule has 0 amide bonds. The Morgan fingerprint density at radius 2 is 2.22 bits per heavy atom. The van der Waals surface area contributed by atoms with E-state index in [-0.39, 0.29) is 4.58 Å². The third-order valence-electron chi connectivity index (χ3n) is 1.42. The summed E-state index contributed by atoms with van der Waals surface area (Å²) in [6.07, 6.45) is 1.67. The number of hydrogen-bond acceptors (Lipinski definition) is 3. The van der Waals surface area contributed by atoms with Crippen molar-refractivity contribution in [3.63, 3.8) is 0 Å². The average Bonchev–Trinajstić information content (AvgIpc) is 2.08. The Morgan fingerprint density at radius 1 is 1.56 bits per heavy atom. The van der Waals surface area contributed by atoms with Crippen molar-refractivity contribution in [1.29, 1.82) is 0 Å². The van der Waals surface area contributed by atoms with Crippen LogP contribution in [0.1, 0.15) is 12.8 Å². The largest absolute Gasteiger partial charge is 0.228 e. The molecule has 2 unspecified atom stereocenters. The van der Waals surface area contributed by atoms with Crippen LogP contribution in [0, 0.1) is 0 Å². The van der Waals surface area contributed by atoms with Crippen molar-refractivity contribution in [2.24, 2.45) is 0 Å². The molecule has 0 aliphatic carbocycles. The molecule has 9 heavy (non-hydrogen) atoms. The van der Waals surface area contributed by atoms with Crippen LogP contribution in [-0.4, -0.2) is 18.8 Å². The van der Waals surface area contributed by atoms with Crippen molar-refractivity contribution in [3.8, 4) is 0 Å². The highest BCUT2D eigenvalue weighted by atomic mass is 32.7. The van der Waals surface area contributed by atoms with Gasteiger partial charge in [-0.3, -0.25) is 0 Å². The summed E-state index contributed by atoms with van der Waals surface area (Å²) in [7, 11) is -0.292. The van der Waals surface area contributed by atoms with E-state index in [0.717, 1.165) is 12.8 Å². The van der Waals surface area contributed by atoms with E-state index in [1.807, 2.05) is 0 Å². The van der Waals surface area contributed by atoms with Crippen LogP contribution in [0.3, 0.4) is 0 Å². The molecule has 1 aliphatic rings. The first-order chi connectivity index (χ1) is 4.17. The van der Waals surface area contributed by atoms with E-state index in [4.69, 9.17) is 0 Å². The van der Waals surface area contributed by atoms with E-state index in [1.54, 1.807) is 0 Å². The molecule has 0 N–H and O–H groups in total. The summed E-state index contributed by atoms with van der Waals surface area (Å²) in [5.74, 6) is 0.388. The molecule has 0 aromatic rings. The Labute approximate surface area is 61.7 Å². The Morgan fingerprint density at radius 3 is 2.44 bits per heavy atom. The summed E-state index contributed by atoms with van der Waals surface area (Å²) in [6, 6.07) is 0. The third-order valence-corrected chi connectivity index (χ3v) is 6.65. The van der Waals surface area contributed by atoms with Gasteiger partial charge in [0.25, 0.3) is 0 Å². The molecule has 1 aliphatic heterocycles. The molecule has 0 spiro atoms. The number of hydrogen-bond donors (Lipinski definition) is 0. The molecule has 5 heteroatoms. The Kier molecular flexibility index (Phi) is 2.41. The van der Waals surface area contributed by atoms with Crippen molar-refractivity contribution in [2.45, 2.75) is 17.4 Å². The van der Waals surface area contributed by atoms with Gasteiger partial charge in [-0.2, -0.15) is 0 Å². The highest BCUT2D eigenvalue weighted by Gasteiger charge is 2.30. The lowest BCUT2D eigenvalue weighted by Gasteiger charge is -2.01. The van der Waals surface area contributed by atoms with Crippen LogP contribution in [0.15, 0.2) is 0 Å². The fourth-order valence-electron chi connectivity index (χ4n) is 0.915. The number of sulfone groups is 1. The summed E-state index contributed by atoms with van der Waals surface area (Å²) in [5.41, 5.74) is 0. The molecular formula is C4H9O2PS2. The second kappa shape index (κ2) is 2.77. The lowest BCUT2D eigenvalue weighted by Crippen LogP contribution is -2.09. The minimum Gasteiger partial charge on any atom is -0.228 e. The van der Waals surface area contributed by atoms with Crippen molar-refractivity contribution in [3.05, 3.63) is 0 Å². The van der Waals surface area contributed by atoms with Gasteiger partial charge in [0.1, 0.15) is 4.58 Å². The van der Waals surface area contributed by atoms with Crippen LogP contribution in [-0.2, 0) is 9.84 Å². The van der Waals surface area contributed by atoms with Crippen LogP contribution < -0.4 is 0 Å². The van der Waals surface area contributed by atoms with Crippen LogP contribution in [0.5, 0.6) is 0 Å². The molecule has 0 aromatic carbocycles. The Bertz CT molecular complexity index is 187. The lowest BCUT2D eigenvalue weighted by atomic mass is 10.4. The maximum atomic E-state index is 11.0. The Hall–Kier alpha value is 0.730. The highest BCUT2D eigenvalue weighted by molar-refractivity contribution is 8.47. The number of rotatable bonds is 1. The molecule has 1 fully saturated rings. The first-order valence-electron chi connectivity index (χ1n) is 2.74. The van der Waals surface area contributed by atoms with Crippen LogP contribution >= 0.6 is 19.8 Å². The average molecular weight is 184 g/mol. The standard InChI is InChI=1S/C4H9O2PS2/c5-9(6)3-1-2-4(9)8-7/h4H,1-3,7H2. The van der Waals surface area contributed by atoms with Gasteiger partial charge in [0.05, 0.1) is 5.75 Å². The fourth-order valence-corrected chi connectivity index (χ4v) is 5.47. The monoisotopic (exact) mass is 184 g/mol. The lowest BCUT2D eigenvalue weighted by molar-refractivity contribution is 0.600. The van der Waals surface area contributed by atoms with E-state index in [1.165, 1.54) is 11.4 Å². The van der Waals surface area contributed by atoms with Crippen LogP contribution in [0.2, 0.25) is 0 Å². The zero-order valence-electron chi connectivity index (χ0n) is 4.91. The smallest absolute Gasteiger partial charge is 0.162 e. The van der Waals surface area contributed by atoms with Gasteiger partial charge < -0.3 is 0 Å². The highest BCUT2D eigenvalue weighted by Crippen LogP contribution is 2.33.